The van der Waals surface area contributed by atoms with Crippen molar-refractivity contribution in [2.75, 3.05) is 13.1 Å². The molecular formula is C19H19N3O3S. The lowest BCUT2D eigenvalue weighted by Gasteiger charge is -2.27. The minimum Gasteiger partial charge on any atom is -0.341 e. The smallest absolute Gasteiger partial charge is 0.290 e. The van der Waals surface area contributed by atoms with Crippen LogP contribution in [0.1, 0.15) is 24.8 Å². The molecule has 2 fully saturated rings. The number of carbonyl (C=O) groups is 3. The van der Waals surface area contributed by atoms with Crippen molar-refractivity contribution in [1.82, 2.24) is 14.8 Å². The molecule has 134 valence electrons. The number of rotatable bonds is 3. The number of benzene rings is 1. The fourth-order valence-corrected chi connectivity index (χ4v) is 4.15. The van der Waals surface area contributed by atoms with Crippen LogP contribution in [0.2, 0.25) is 0 Å². The van der Waals surface area contributed by atoms with Gasteiger partial charge >= 0.3 is 0 Å². The number of imide groups is 1. The highest BCUT2D eigenvalue weighted by molar-refractivity contribution is 8.18. The molecule has 0 aliphatic carbocycles. The molecule has 4 rings (SSSR count). The van der Waals surface area contributed by atoms with E-state index in [1.54, 1.807) is 6.08 Å². The van der Waals surface area contributed by atoms with Crippen molar-refractivity contribution < 1.29 is 14.4 Å². The van der Waals surface area contributed by atoms with Gasteiger partial charge in [-0.2, -0.15) is 0 Å². The van der Waals surface area contributed by atoms with Gasteiger partial charge in [-0.3, -0.25) is 19.7 Å². The first-order valence-corrected chi connectivity index (χ1v) is 9.54. The molecule has 6 nitrogen and oxygen atoms in total. The Morgan fingerprint density at radius 2 is 1.92 bits per heavy atom. The Balaban J connectivity index is 1.66. The van der Waals surface area contributed by atoms with Crippen LogP contribution in [-0.2, 0) is 16.1 Å². The number of amides is 3. The number of para-hydroxylation sites is 1. The first-order valence-electron chi connectivity index (χ1n) is 8.72. The molecule has 26 heavy (non-hydrogen) atoms. The summed E-state index contributed by atoms with van der Waals surface area (Å²) in [6.07, 6.45) is 6.92. The van der Waals surface area contributed by atoms with E-state index < -0.39 is 0 Å². The summed E-state index contributed by atoms with van der Waals surface area (Å²) in [7, 11) is 0. The minimum atomic E-state index is -0.374. The molecule has 1 aromatic heterocycles. The van der Waals surface area contributed by atoms with Crippen LogP contribution >= 0.6 is 11.8 Å². The Morgan fingerprint density at radius 1 is 1.15 bits per heavy atom. The number of piperidine rings is 1. The van der Waals surface area contributed by atoms with Crippen LogP contribution < -0.4 is 5.32 Å². The summed E-state index contributed by atoms with van der Waals surface area (Å²) >= 11 is 0.900. The lowest BCUT2D eigenvalue weighted by atomic mass is 10.1. The molecule has 7 heteroatoms. The van der Waals surface area contributed by atoms with E-state index in [-0.39, 0.29) is 23.6 Å². The van der Waals surface area contributed by atoms with E-state index in [0.29, 0.717) is 4.91 Å². The van der Waals surface area contributed by atoms with Crippen LogP contribution in [0.4, 0.5) is 4.79 Å². The number of aromatic nitrogens is 1. The van der Waals surface area contributed by atoms with E-state index in [1.807, 2.05) is 39.9 Å². The summed E-state index contributed by atoms with van der Waals surface area (Å²) in [4.78, 5) is 38.1. The SMILES string of the molecule is O=C1NC(=O)/C(=C/c2cn(CC(=O)N3CCCCC3)c3ccccc23)S1. The number of nitrogens with zero attached hydrogens (tertiary/aromatic N) is 2. The highest BCUT2D eigenvalue weighted by atomic mass is 32.2. The first kappa shape index (κ1) is 16.9. The molecule has 1 N–H and O–H groups in total. The van der Waals surface area contributed by atoms with Crippen molar-refractivity contribution in [3.8, 4) is 0 Å². The average Bonchev–Trinajstić information content (AvgIpc) is 3.16. The molecule has 0 spiro atoms. The van der Waals surface area contributed by atoms with Gasteiger partial charge in [0.25, 0.3) is 11.1 Å². The Kier molecular flexibility index (Phi) is 4.55. The third kappa shape index (κ3) is 3.26. The first-order chi connectivity index (χ1) is 12.6. The van der Waals surface area contributed by atoms with Crippen molar-refractivity contribution in [2.45, 2.75) is 25.8 Å². The lowest BCUT2D eigenvalue weighted by Crippen LogP contribution is -2.37. The van der Waals surface area contributed by atoms with E-state index >= 15 is 0 Å². The van der Waals surface area contributed by atoms with E-state index in [2.05, 4.69) is 5.32 Å². The fourth-order valence-electron chi connectivity index (χ4n) is 3.47. The summed E-state index contributed by atoms with van der Waals surface area (Å²) in [5.74, 6) is -0.256. The molecule has 2 aliphatic rings. The van der Waals surface area contributed by atoms with Gasteiger partial charge in [-0.25, -0.2) is 0 Å². The second kappa shape index (κ2) is 6.99. The van der Waals surface area contributed by atoms with Gasteiger partial charge in [0.2, 0.25) is 5.91 Å². The molecule has 1 aromatic carbocycles. The van der Waals surface area contributed by atoms with Gasteiger partial charge in [-0.15, -0.1) is 0 Å². The summed E-state index contributed by atoms with van der Waals surface area (Å²) in [5, 5.41) is 2.87. The Labute approximate surface area is 155 Å². The van der Waals surface area contributed by atoms with Crippen LogP contribution in [0.15, 0.2) is 35.4 Å². The number of hydrogen-bond donors (Lipinski definition) is 1. The van der Waals surface area contributed by atoms with Gasteiger partial charge in [0.05, 0.1) is 4.91 Å². The highest BCUT2D eigenvalue weighted by Gasteiger charge is 2.25. The number of hydrogen-bond acceptors (Lipinski definition) is 4. The van der Waals surface area contributed by atoms with Gasteiger partial charge in [0.15, 0.2) is 0 Å². The van der Waals surface area contributed by atoms with Crippen LogP contribution in [0.5, 0.6) is 0 Å². The maximum atomic E-state index is 12.6. The van der Waals surface area contributed by atoms with Crippen LogP contribution in [0.25, 0.3) is 17.0 Å². The van der Waals surface area contributed by atoms with Gasteiger partial charge in [0, 0.05) is 35.8 Å². The van der Waals surface area contributed by atoms with Crippen molar-refractivity contribution >= 4 is 45.8 Å². The zero-order valence-corrected chi connectivity index (χ0v) is 15.1. The molecule has 0 radical (unpaired) electrons. The topological polar surface area (TPSA) is 71.4 Å². The van der Waals surface area contributed by atoms with Crippen molar-refractivity contribution in [1.29, 1.82) is 0 Å². The average molecular weight is 369 g/mol. The Hall–Kier alpha value is -2.54. The second-order valence-corrected chi connectivity index (χ2v) is 7.54. The number of carbonyl (C=O) groups excluding carboxylic acids is 3. The Morgan fingerprint density at radius 3 is 2.65 bits per heavy atom. The van der Waals surface area contributed by atoms with E-state index in [0.717, 1.165) is 54.2 Å². The summed E-state index contributed by atoms with van der Waals surface area (Å²) in [5.41, 5.74) is 1.78. The summed E-state index contributed by atoms with van der Waals surface area (Å²) in [6.45, 7) is 1.93. The van der Waals surface area contributed by atoms with E-state index in [9.17, 15) is 14.4 Å². The number of fused-ring (bicyclic) bond motifs is 1. The van der Waals surface area contributed by atoms with Gasteiger partial charge < -0.3 is 9.47 Å². The molecule has 3 amide bonds. The third-order valence-corrected chi connectivity index (χ3v) is 5.57. The predicted molar refractivity (Wildman–Crippen MR) is 101 cm³/mol. The van der Waals surface area contributed by atoms with Crippen LogP contribution in [0.3, 0.4) is 0 Å². The minimum absolute atomic E-state index is 0.118. The fraction of sp³-hybridized carbons (Fsp3) is 0.316. The molecule has 2 saturated heterocycles. The lowest BCUT2D eigenvalue weighted by molar-refractivity contribution is -0.132. The summed E-state index contributed by atoms with van der Waals surface area (Å²) < 4.78 is 1.93. The number of nitrogens with one attached hydrogen (secondary N) is 1. The Bertz CT molecular complexity index is 925. The molecule has 0 saturated carbocycles. The maximum absolute atomic E-state index is 12.6. The second-order valence-electron chi connectivity index (χ2n) is 6.52. The van der Waals surface area contributed by atoms with Gasteiger partial charge in [-0.05, 0) is 43.2 Å². The highest BCUT2D eigenvalue weighted by Crippen LogP contribution is 2.29. The monoisotopic (exact) mass is 369 g/mol. The van der Waals surface area contributed by atoms with Gasteiger partial charge in [0.1, 0.15) is 6.54 Å². The summed E-state index contributed by atoms with van der Waals surface area (Å²) in [6, 6.07) is 7.78. The molecule has 2 aromatic rings. The van der Waals surface area contributed by atoms with Crippen LogP contribution in [0, 0.1) is 0 Å². The van der Waals surface area contributed by atoms with Gasteiger partial charge in [-0.1, -0.05) is 18.2 Å². The van der Waals surface area contributed by atoms with Crippen molar-refractivity contribution in [3.05, 3.63) is 40.9 Å². The predicted octanol–water partition coefficient (Wildman–Crippen LogP) is 2.98. The zero-order valence-electron chi connectivity index (χ0n) is 14.2. The van der Waals surface area contributed by atoms with E-state index in [1.165, 1.54) is 6.42 Å². The number of likely N-dealkylation sites (tertiary alicyclic amines) is 1. The van der Waals surface area contributed by atoms with Crippen molar-refractivity contribution in [2.24, 2.45) is 0 Å². The molecule has 0 unspecified atom stereocenters. The molecule has 2 aliphatic heterocycles. The normalized spacial score (nSPS) is 19.4. The van der Waals surface area contributed by atoms with E-state index in [4.69, 9.17) is 0 Å². The standard InChI is InChI=1S/C19H19N3O3S/c23-17(21-8-4-1-5-9-21)12-22-11-13(14-6-2-3-7-15(14)22)10-16-18(24)20-19(25)26-16/h2-3,6-7,10-11H,1,4-5,8-9,12H2,(H,20,24,25)/b16-10-. The van der Waals surface area contributed by atoms with Crippen LogP contribution in [-0.4, -0.2) is 39.6 Å². The maximum Gasteiger partial charge on any atom is 0.290 e. The zero-order chi connectivity index (χ0) is 18.1. The molecule has 0 atom stereocenters. The molecule has 3 heterocycles. The number of thioether (sulfide) groups is 1. The molecule has 0 bridgehead atoms. The largest absolute Gasteiger partial charge is 0.341 e. The molecular weight excluding hydrogens is 350 g/mol. The quantitative estimate of drug-likeness (QED) is 0.845. The third-order valence-electron chi connectivity index (χ3n) is 4.76. The van der Waals surface area contributed by atoms with Crippen molar-refractivity contribution in [3.63, 3.8) is 0 Å².